The molecule has 2 N–H and O–H groups in total. The van der Waals surface area contributed by atoms with Gasteiger partial charge in [-0.3, -0.25) is 4.79 Å². The highest BCUT2D eigenvalue weighted by atomic mass is 19.1. The van der Waals surface area contributed by atoms with E-state index in [9.17, 15) is 24.2 Å². The van der Waals surface area contributed by atoms with Crippen molar-refractivity contribution in [1.29, 1.82) is 0 Å². The number of rotatable bonds is 7. The normalized spacial score (nSPS) is 22.9. The maximum Gasteiger partial charge on any atom is 0.332 e. The van der Waals surface area contributed by atoms with Crippen molar-refractivity contribution < 1.29 is 24.2 Å². The third kappa shape index (κ3) is 3.98. The van der Waals surface area contributed by atoms with Crippen molar-refractivity contribution in [3.63, 3.8) is 0 Å². The number of unbranched alkanes of at least 4 members (excludes halogenated alkanes) is 1. The van der Waals surface area contributed by atoms with Crippen LogP contribution < -0.4 is 0 Å². The molecule has 0 fully saturated rings. The van der Waals surface area contributed by atoms with E-state index in [1.807, 2.05) is 6.92 Å². The van der Waals surface area contributed by atoms with Crippen LogP contribution in [0.3, 0.4) is 0 Å². The number of benzene rings is 1. The molecule has 2 unspecified atom stereocenters. The molecule has 2 atom stereocenters. The molecule has 0 spiro atoms. The van der Waals surface area contributed by atoms with Crippen LogP contribution in [-0.4, -0.2) is 22.2 Å². The fraction of sp³-hybridized carbons (Fsp3) is 0.400. The Hall–Kier alpha value is -2.43. The second-order valence-electron chi connectivity index (χ2n) is 6.65. The lowest BCUT2D eigenvalue weighted by atomic mass is 9.66. The third-order valence-corrected chi connectivity index (χ3v) is 4.89. The van der Waals surface area contributed by atoms with Gasteiger partial charge in [0.1, 0.15) is 5.82 Å². The van der Waals surface area contributed by atoms with Crippen LogP contribution in [0.4, 0.5) is 4.39 Å². The summed E-state index contributed by atoms with van der Waals surface area (Å²) in [6.45, 7) is 3.56. The van der Waals surface area contributed by atoms with Gasteiger partial charge in [-0.25, -0.2) is 9.18 Å². The van der Waals surface area contributed by atoms with Gasteiger partial charge in [0.25, 0.3) is 0 Å². The molecular formula is C20H23FO4. The molecular weight excluding hydrogens is 323 g/mol. The Morgan fingerprint density at radius 1 is 1.20 bits per heavy atom. The third-order valence-electron chi connectivity index (χ3n) is 4.89. The number of halogens is 1. The maximum atomic E-state index is 13.1. The van der Waals surface area contributed by atoms with Crippen LogP contribution in [0, 0.1) is 17.2 Å². The molecule has 4 nitrogen and oxygen atoms in total. The van der Waals surface area contributed by atoms with E-state index in [-0.39, 0.29) is 17.8 Å². The zero-order valence-electron chi connectivity index (χ0n) is 14.5. The fourth-order valence-corrected chi connectivity index (χ4v) is 3.27. The first-order valence-electron chi connectivity index (χ1n) is 8.43. The first kappa shape index (κ1) is 18.9. The van der Waals surface area contributed by atoms with Crippen molar-refractivity contribution in [2.75, 3.05) is 0 Å². The van der Waals surface area contributed by atoms with Crippen LogP contribution in [0.2, 0.25) is 0 Å². The molecule has 0 saturated heterocycles. The number of hydrogen-bond donors (Lipinski definition) is 2. The molecule has 0 amide bonds. The first-order valence-corrected chi connectivity index (χ1v) is 8.43. The van der Waals surface area contributed by atoms with E-state index in [2.05, 4.69) is 0 Å². The summed E-state index contributed by atoms with van der Waals surface area (Å²) in [7, 11) is 0. The molecule has 1 aromatic rings. The molecule has 1 aliphatic carbocycles. The van der Waals surface area contributed by atoms with Gasteiger partial charge in [0, 0.05) is 11.5 Å². The Bertz CT molecular complexity index is 718. The fourth-order valence-electron chi connectivity index (χ4n) is 3.27. The van der Waals surface area contributed by atoms with Crippen LogP contribution in [0.15, 0.2) is 47.6 Å². The number of allylic oxidation sites excluding steroid dienone is 2. The number of carboxylic acids is 2. The van der Waals surface area contributed by atoms with Gasteiger partial charge < -0.3 is 10.2 Å². The summed E-state index contributed by atoms with van der Waals surface area (Å²) in [5.41, 5.74) is 0.228. The van der Waals surface area contributed by atoms with Gasteiger partial charge >= 0.3 is 11.9 Å². The van der Waals surface area contributed by atoms with E-state index in [0.29, 0.717) is 17.6 Å². The highest BCUT2D eigenvalue weighted by Gasteiger charge is 2.45. The quantitative estimate of drug-likeness (QED) is 0.775. The standard InChI is InChI=1S/C20H23FO4/c1-3-4-5-14-10-11-20(2,19(24)25)16(17(14)18(22)23)12-13-6-8-15(21)9-7-13/h6-11,16H,3-5,12H2,1-2H3,(H,22,23)(H,24,25). The van der Waals surface area contributed by atoms with Gasteiger partial charge in [0.05, 0.1) is 5.41 Å². The SMILES string of the molecule is CCCCC1=C(C(=O)O)C(Cc2ccc(F)cc2)C(C)(C(=O)O)C=C1. The maximum absolute atomic E-state index is 13.1. The Morgan fingerprint density at radius 3 is 2.36 bits per heavy atom. The van der Waals surface area contributed by atoms with Crippen molar-refractivity contribution in [3.05, 3.63) is 58.9 Å². The molecule has 0 aliphatic heterocycles. The van der Waals surface area contributed by atoms with Crippen molar-refractivity contribution in [2.24, 2.45) is 11.3 Å². The lowest BCUT2D eigenvalue weighted by Crippen LogP contribution is -2.40. The van der Waals surface area contributed by atoms with E-state index in [0.717, 1.165) is 12.8 Å². The lowest BCUT2D eigenvalue weighted by molar-refractivity contribution is -0.147. The van der Waals surface area contributed by atoms with Gasteiger partial charge in [-0.15, -0.1) is 0 Å². The van der Waals surface area contributed by atoms with Crippen LogP contribution >= 0.6 is 0 Å². The Labute approximate surface area is 146 Å². The van der Waals surface area contributed by atoms with Gasteiger partial charge in [0.15, 0.2) is 0 Å². The molecule has 0 aromatic heterocycles. The number of carbonyl (C=O) groups is 2. The Balaban J connectivity index is 2.50. The second-order valence-corrected chi connectivity index (χ2v) is 6.65. The minimum atomic E-state index is -1.32. The zero-order valence-corrected chi connectivity index (χ0v) is 14.5. The zero-order chi connectivity index (χ0) is 18.6. The number of hydrogen-bond acceptors (Lipinski definition) is 2. The van der Waals surface area contributed by atoms with Crippen LogP contribution in [0.1, 0.15) is 38.7 Å². The molecule has 0 radical (unpaired) electrons. The van der Waals surface area contributed by atoms with Gasteiger partial charge in [-0.2, -0.15) is 0 Å². The molecule has 25 heavy (non-hydrogen) atoms. The summed E-state index contributed by atoms with van der Waals surface area (Å²) in [4.78, 5) is 23.8. The van der Waals surface area contributed by atoms with Crippen molar-refractivity contribution in [3.8, 4) is 0 Å². The number of aliphatic carboxylic acids is 2. The van der Waals surface area contributed by atoms with Gasteiger partial charge in [-0.1, -0.05) is 37.6 Å². The molecule has 1 aromatic carbocycles. The Kier molecular flexibility index (Phi) is 5.77. The molecule has 0 heterocycles. The summed E-state index contributed by atoms with van der Waals surface area (Å²) in [5, 5.41) is 19.5. The van der Waals surface area contributed by atoms with Crippen molar-refractivity contribution >= 4 is 11.9 Å². The second kappa shape index (κ2) is 7.64. The summed E-state index contributed by atoms with van der Waals surface area (Å²) < 4.78 is 13.1. The van der Waals surface area contributed by atoms with Gasteiger partial charge in [-0.05, 0) is 49.5 Å². The van der Waals surface area contributed by atoms with Crippen molar-refractivity contribution in [2.45, 2.75) is 39.5 Å². The molecule has 134 valence electrons. The predicted octanol–water partition coefficient (Wildman–Crippen LogP) is 4.22. The molecule has 2 rings (SSSR count). The average Bonchev–Trinajstić information content (AvgIpc) is 2.56. The van der Waals surface area contributed by atoms with E-state index in [1.54, 1.807) is 31.2 Å². The molecule has 5 heteroatoms. The average molecular weight is 346 g/mol. The van der Waals surface area contributed by atoms with E-state index < -0.39 is 23.3 Å². The minimum Gasteiger partial charge on any atom is -0.481 e. The molecule has 1 aliphatic rings. The largest absolute Gasteiger partial charge is 0.481 e. The Morgan fingerprint density at radius 2 is 1.84 bits per heavy atom. The molecule has 0 bridgehead atoms. The van der Waals surface area contributed by atoms with E-state index >= 15 is 0 Å². The highest BCUT2D eigenvalue weighted by molar-refractivity contribution is 5.92. The van der Waals surface area contributed by atoms with Crippen LogP contribution in [0.5, 0.6) is 0 Å². The van der Waals surface area contributed by atoms with E-state index in [1.165, 1.54) is 12.1 Å². The minimum absolute atomic E-state index is 0.158. The number of carboxylic acid groups (broad SMARTS) is 2. The van der Waals surface area contributed by atoms with E-state index in [4.69, 9.17) is 0 Å². The lowest BCUT2D eigenvalue weighted by Gasteiger charge is -2.36. The van der Waals surface area contributed by atoms with Crippen LogP contribution in [0.25, 0.3) is 0 Å². The predicted molar refractivity (Wildman–Crippen MR) is 92.7 cm³/mol. The summed E-state index contributed by atoms with van der Waals surface area (Å²) in [6.07, 6.45) is 5.83. The highest BCUT2D eigenvalue weighted by Crippen LogP contribution is 2.43. The summed E-state index contributed by atoms with van der Waals surface area (Å²) >= 11 is 0. The smallest absolute Gasteiger partial charge is 0.332 e. The summed E-state index contributed by atoms with van der Waals surface area (Å²) in [5.74, 6) is -3.25. The van der Waals surface area contributed by atoms with Gasteiger partial charge in [0.2, 0.25) is 0 Å². The monoisotopic (exact) mass is 346 g/mol. The molecule has 0 saturated carbocycles. The van der Waals surface area contributed by atoms with Crippen molar-refractivity contribution in [1.82, 2.24) is 0 Å². The van der Waals surface area contributed by atoms with Crippen LogP contribution in [-0.2, 0) is 16.0 Å². The summed E-state index contributed by atoms with van der Waals surface area (Å²) in [6, 6.07) is 5.74. The topological polar surface area (TPSA) is 74.6 Å². The first-order chi connectivity index (χ1) is 11.8.